The Balaban J connectivity index is 1.68. The number of amides is 2. The molecule has 1 aliphatic heterocycles. The topological polar surface area (TPSA) is 76.0 Å². The molecule has 0 radical (unpaired) electrons. The van der Waals surface area contributed by atoms with Crippen LogP contribution in [0.15, 0.2) is 30.3 Å². The number of benzene rings is 1. The Bertz CT molecular complexity index is 1010. The molecule has 1 saturated heterocycles. The summed E-state index contributed by atoms with van der Waals surface area (Å²) in [7, 11) is 0. The van der Waals surface area contributed by atoms with Gasteiger partial charge in [0.05, 0.1) is 21.3 Å². The lowest BCUT2D eigenvalue weighted by atomic mass is 10.1. The van der Waals surface area contributed by atoms with E-state index in [1.165, 1.54) is 11.3 Å². The van der Waals surface area contributed by atoms with Crippen LogP contribution in [0.5, 0.6) is 0 Å². The number of rotatable bonds is 3. The van der Waals surface area contributed by atoms with Crippen molar-refractivity contribution in [2.75, 3.05) is 6.54 Å². The largest absolute Gasteiger partial charge is 0.354 e. The molecule has 1 aliphatic rings. The van der Waals surface area contributed by atoms with E-state index in [9.17, 15) is 9.59 Å². The highest BCUT2D eigenvalue weighted by atomic mass is 35.5. The number of piperidine rings is 1. The van der Waals surface area contributed by atoms with E-state index >= 15 is 0 Å². The summed E-state index contributed by atoms with van der Waals surface area (Å²) in [6.07, 6.45) is 1.53. The van der Waals surface area contributed by atoms with Crippen LogP contribution >= 0.6 is 22.9 Å². The first-order valence-electron chi connectivity index (χ1n) is 8.37. The van der Waals surface area contributed by atoms with E-state index in [1.54, 1.807) is 4.68 Å². The molecule has 3 heterocycles. The van der Waals surface area contributed by atoms with Crippen LogP contribution in [0.1, 0.15) is 28.2 Å². The molecule has 3 aromatic rings. The van der Waals surface area contributed by atoms with E-state index in [0.717, 1.165) is 28.0 Å². The first-order chi connectivity index (χ1) is 12.5. The minimum Gasteiger partial charge on any atom is -0.354 e. The predicted octanol–water partition coefficient (Wildman–Crippen LogP) is 3.06. The summed E-state index contributed by atoms with van der Waals surface area (Å²) >= 11 is 7.65. The smallest absolute Gasteiger partial charge is 0.262 e. The van der Waals surface area contributed by atoms with Gasteiger partial charge in [0.2, 0.25) is 5.91 Å². The molecule has 26 heavy (non-hydrogen) atoms. The molecule has 1 unspecified atom stereocenters. The fourth-order valence-corrected chi connectivity index (χ4v) is 4.38. The van der Waals surface area contributed by atoms with E-state index in [0.29, 0.717) is 22.9 Å². The minimum absolute atomic E-state index is 0.121. The molecule has 1 fully saturated rings. The maximum atomic E-state index is 12.6. The summed E-state index contributed by atoms with van der Waals surface area (Å²) in [5, 5.41) is 11.7. The highest BCUT2D eigenvalue weighted by Gasteiger charge is 2.25. The molecule has 6 nitrogen and oxygen atoms in total. The number of halogens is 1. The van der Waals surface area contributed by atoms with Gasteiger partial charge in [0.1, 0.15) is 10.9 Å². The zero-order valence-electron chi connectivity index (χ0n) is 14.1. The van der Waals surface area contributed by atoms with Crippen LogP contribution in [0.2, 0.25) is 5.02 Å². The summed E-state index contributed by atoms with van der Waals surface area (Å²) in [6, 6.07) is 8.81. The SMILES string of the molecule is Cc1nn(-c2ccccc2Cl)c2sc(C(=O)NC3CCCNC3=O)cc12. The monoisotopic (exact) mass is 388 g/mol. The molecule has 0 saturated carbocycles. The van der Waals surface area contributed by atoms with Crippen molar-refractivity contribution in [1.29, 1.82) is 0 Å². The fraction of sp³-hybridized carbons (Fsp3) is 0.278. The zero-order valence-corrected chi connectivity index (χ0v) is 15.7. The quantitative estimate of drug-likeness (QED) is 0.724. The van der Waals surface area contributed by atoms with Crippen LogP contribution in [0, 0.1) is 6.92 Å². The summed E-state index contributed by atoms with van der Waals surface area (Å²) in [5.41, 5.74) is 1.60. The first-order valence-corrected chi connectivity index (χ1v) is 9.56. The third-order valence-corrected chi connectivity index (χ3v) is 5.87. The highest BCUT2D eigenvalue weighted by molar-refractivity contribution is 7.20. The standard InChI is InChI=1S/C18H17ClN4O2S/c1-10-11-9-15(17(25)21-13-6-4-8-20-16(13)24)26-18(11)23(22-10)14-7-3-2-5-12(14)19/h2-3,5,7,9,13H,4,6,8H2,1H3,(H,20,24)(H,21,25). The van der Waals surface area contributed by atoms with E-state index in [1.807, 2.05) is 37.3 Å². The van der Waals surface area contributed by atoms with Crippen molar-refractivity contribution in [1.82, 2.24) is 20.4 Å². The molecule has 2 N–H and O–H groups in total. The maximum absolute atomic E-state index is 12.6. The van der Waals surface area contributed by atoms with Crippen molar-refractivity contribution in [2.24, 2.45) is 0 Å². The van der Waals surface area contributed by atoms with Crippen molar-refractivity contribution in [2.45, 2.75) is 25.8 Å². The van der Waals surface area contributed by atoms with Crippen LogP contribution in [-0.4, -0.2) is 34.2 Å². The van der Waals surface area contributed by atoms with Gasteiger partial charge in [-0.2, -0.15) is 5.10 Å². The Kier molecular flexibility index (Phi) is 4.42. The van der Waals surface area contributed by atoms with Gasteiger partial charge in [-0.05, 0) is 38.0 Å². The number of para-hydroxylation sites is 1. The minimum atomic E-state index is -0.470. The number of aromatic nitrogens is 2. The molecule has 0 bridgehead atoms. The zero-order chi connectivity index (χ0) is 18.3. The molecule has 1 atom stereocenters. The third-order valence-electron chi connectivity index (χ3n) is 4.44. The lowest BCUT2D eigenvalue weighted by molar-refractivity contribution is -0.124. The second kappa shape index (κ2) is 6.74. The Morgan fingerprint density at radius 3 is 3.00 bits per heavy atom. The lowest BCUT2D eigenvalue weighted by Gasteiger charge is -2.22. The van der Waals surface area contributed by atoms with Crippen LogP contribution in [0.4, 0.5) is 0 Å². The third kappa shape index (κ3) is 2.97. The fourth-order valence-electron chi connectivity index (χ4n) is 3.09. The molecule has 0 spiro atoms. The second-order valence-electron chi connectivity index (χ2n) is 6.24. The first kappa shape index (κ1) is 17.1. The van der Waals surface area contributed by atoms with Gasteiger partial charge in [0.15, 0.2) is 0 Å². The number of nitrogens with zero attached hydrogens (tertiary/aromatic N) is 2. The maximum Gasteiger partial charge on any atom is 0.262 e. The number of carbonyl (C=O) groups is 2. The number of hydrogen-bond acceptors (Lipinski definition) is 4. The van der Waals surface area contributed by atoms with E-state index in [4.69, 9.17) is 11.6 Å². The number of carbonyl (C=O) groups excluding carboxylic acids is 2. The highest BCUT2D eigenvalue weighted by Crippen LogP contribution is 2.32. The van der Waals surface area contributed by atoms with Gasteiger partial charge in [0.25, 0.3) is 5.91 Å². The molecule has 8 heteroatoms. The lowest BCUT2D eigenvalue weighted by Crippen LogP contribution is -2.50. The molecule has 4 rings (SSSR count). The van der Waals surface area contributed by atoms with Crippen LogP contribution < -0.4 is 10.6 Å². The number of nitrogens with one attached hydrogen (secondary N) is 2. The Hall–Kier alpha value is -2.38. The number of thiophene rings is 1. The van der Waals surface area contributed by atoms with E-state index in [2.05, 4.69) is 15.7 Å². The van der Waals surface area contributed by atoms with Crippen molar-refractivity contribution in [3.8, 4) is 5.69 Å². The second-order valence-corrected chi connectivity index (χ2v) is 7.68. The number of hydrogen-bond donors (Lipinski definition) is 2. The van der Waals surface area contributed by atoms with Gasteiger partial charge in [0, 0.05) is 11.9 Å². The van der Waals surface area contributed by atoms with Gasteiger partial charge >= 0.3 is 0 Å². The average Bonchev–Trinajstić information content (AvgIpc) is 3.19. The van der Waals surface area contributed by atoms with E-state index < -0.39 is 6.04 Å². The van der Waals surface area contributed by atoms with Gasteiger partial charge in [-0.15, -0.1) is 11.3 Å². The summed E-state index contributed by atoms with van der Waals surface area (Å²) < 4.78 is 1.77. The summed E-state index contributed by atoms with van der Waals surface area (Å²) in [5.74, 6) is -0.359. The van der Waals surface area contributed by atoms with Crippen molar-refractivity contribution in [3.05, 3.63) is 45.9 Å². The van der Waals surface area contributed by atoms with Gasteiger partial charge in [-0.25, -0.2) is 4.68 Å². The Morgan fingerprint density at radius 1 is 1.42 bits per heavy atom. The van der Waals surface area contributed by atoms with Crippen molar-refractivity contribution >= 4 is 45.0 Å². The Morgan fingerprint density at radius 2 is 2.23 bits per heavy atom. The van der Waals surface area contributed by atoms with E-state index in [-0.39, 0.29) is 11.8 Å². The molecule has 0 aliphatic carbocycles. The number of fused-ring (bicyclic) bond motifs is 1. The summed E-state index contributed by atoms with van der Waals surface area (Å²) in [6.45, 7) is 2.57. The van der Waals surface area contributed by atoms with Crippen molar-refractivity contribution < 1.29 is 9.59 Å². The molecule has 2 aromatic heterocycles. The normalized spacial score (nSPS) is 17.3. The molecule has 134 valence electrons. The molecule has 1 aromatic carbocycles. The van der Waals surface area contributed by atoms with Crippen LogP contribution in [0.3, 0.4) is 0 Å². The van der Waals surface area contributed by atoms with Crippen LogP contribution in [-0.2, 0) is 4.79 Å². The number of aryl methyl sites for hydroxylation is 1. The average molecular weight is 389 g/mol. The van der Waals surface area contributed by atoms with Crippen molar-refractivity contribution in [3.63, 3.8) is 0 Å². The molecule has 2 amide bonds. The Labute approximate surface area is 159 Å². The summed E-state index contributed by atoms with van der Waals surface area (Å²) in [4.78, 5) is 25.9. The van der Waals surface area contributed by atoms with Gasteiger partial charge in [-0.3, -0.25) is 9.59 Å². The molecular weight excluding hydrogens is 372 g/mol. The molecular formula is C18H17ClN4O2S. The van der Waals surface area contributed by atoms with Gasteiger partial charge in [-0.1, -0.05) is 23.7 Å². The van der Waals surface area contributed by atoms with Crippen LogP contribution in [0.25, 0.3) is 15.9 Å². The van der Waals surface area contributed by atoms with Gasteiger partial charge < -0.3 is 10.6 Å². The predicted molar refractivity (Wildman–Crippen MR) is 102 cm³/mol.